The summed E-state index contributed by atoms with van der Waals surface area (Å²) in [6, 6.07) is 9.11. The second-order valence-electron chi connectivity index (χ2n) is 11.6. The molecule has 4 rings (SSSR count). The monoisotopic (exact) mass is 578 g/mol. The van der Waals surface area contributed by atoms with Crippen molar-refractivity contribution in [3.05, 3.63) is 47.5 Å². The third kappa shape index (κ3) is 6.98. The van der Waals surface area contributed by atoms with Crippen molar-refractivity contribution in [2.45, 2.75) is 68.7 Å². The molecule has 0 aromatic heterocycles. The molecule has 0 atom stereocenters. The van der Waals surface area contributed by atoms with Gasteiger partial charge in [0.05, 0.1) is 27.6 Å². The largest absolute Gasteiger partial charge is 0.395 e. The van der Waals surface area contributed by atoms with Gasteiger partial charge in [-0.2, -0.15) is 0 Å². The SMILES string of the molecule is Cc1cc(C(=O)Nc2cccc(S(=O)(=O)NC(C)(C)C)c2)c(N2CCC3(CC2)CC3)cc1S(=O)(=O)NCCO. The number of benzene rings is 2. The smallest absolute Gasteiger partial charge is 0.257 e. The standard InChI is InChI=1S/C27H38N4O6S2/c1-19-16-22(25(33)29-20-6-5-7-21(17-20)38(34,35)30-26(2,3)4)23(18-24(19)39(36,37)28-12-15-32)31-13-10-27(8-9-27)11-14-31/h5-7,16-18,28,30,32H,8-15H2,1-4H3,(H,29,33). The van der Waals surface area contributed by atoms with Crippen molar-refractivity contribution in [2.75, 3.05) is 36.5 Å². The van der Waals surface area contributed by atoms with Gasteiger partial charge in [0, 0.05) is 30.9 Å². The number of hydrogen-bond acceptors (Lipinski definition) is 7. The van der Waals surface area contributed by atoms with E-state index >= 15 is 0 Å². The van der Waals surface area contributed by atoms with Gasteiger partial charge in [0.2, 0.25) is 20.0 Å². The minimum atomic E-state index is -3.91. The van der Waals surface area contributed by atoms with Gasteiger partial charge in [-0.15, -0.1) is 0 Å². The predicted octanol–water partition coefficient (Wildman–Crippen LogP) is 2.98. The molecule has 12 heteroatoms. The Labute approximate surface area is 231 Å². The molecule has 2 aromatic rings. The van der Waals surface area contributed by atoms with Gasteiger partial charge in [-0.3, -0.25) is 4.79 Å². The van der Waals surface area contributed by atoms with Crippen LogP contribution in [0.25, 0.3) is 0 Å². The predicted molar refractivity (Wildman–Crippen MR) is 151 cm³/mol. The van der Waals surface area contributed by atoms with E-state index in [9.17, 15) is 21.6 Å². The molecule has 1 aliphatic heterocycles. The number of aliphatic hydroxyl groups is 1. The first-order valence-corrected chi connectivity index (χ1v) is 16.1. The lowest BCUT2D eigenvalue weighted by Crippen LogP contribution is -2.40. The zero-order chi connectivity index (χ0) is 28.6. The summed E-state index contributed by atoms with van der Waals surface area (Å²) in [5, 5.41) is 11.9. The van der Waals surface area contributed by atoms with Crippen LogP contribution in [0.4, 0.5) is 11.4 Å². The van der Waals surface area contributed by atoms with Crippen LogP contribution in [0.2, 0.25) is 0 Å². The van der Waals surface area contributed by atoms with Crippen LogP contribution in [0, 0.1) is 12.3 Å². The summed E-state index contributed by atoms with van der Waals surface area (Å²) < 4.78 is 56.5. The molecule has 4 N–H and O–H groups in total. The molecule has 0 bridgehead atoms. The first kappa shape index (κ1) is 29.5. The number of nitrogens with one attached hydrogen (secondary N) is 3. The van der Waals surface area contributed by atoms with Gasteiger partial charge in [-0.05, 0) is 94.7 Å². The Balaban J connectivity index is 1.67. The minimum absolute atomic E-state index is 0.0220. The number of nitrogens with zero attached hydrogens (tertiary/aromatic N) is 1. The maximum atomic E-state index is 13.6. The highest BCUT2D eigenvalue weighted by Gasteiger charge is 2.44. The molecule has 10 nitrogen and oxygen atoms in total. The maximum Gasteiger partial charge on any atom is 0.257 e. The number of rotatable bonds is 9. The molecule has 39 heavy (non-hydrogen) atoms. The number of hydrogen-bond donors (Lipinski definition) is 4. The molecule has 1 amide bonds. The number of sulfonamides is 2. The van der Waals surface area contributed by atoms with Gasteiger partial charge in [-0.25, -0.2) is 26.3 Å². The van der Waals surface area contributed by atoms with Gasteiger partial charge in [0.1, 0.15) is 0 Å². The van der Waals surface area contributed by atoms with Crippen LogP contribution in [-0.2, 0) is 20.0 Å². The lowest BCUT2D eigenvalue weighted by Gasteiger charge is -2.35. The number of aliphatic hydroxyl groups excluding tert-OH is 1. The summed E-state index contributed by atoms with van der Waals surface area (Å²) in [6.45, 7) is 7.82. The summed E-state index contributed by atoms with van der Waals surface area (Å²) in [7, 11) is -7.71. The normalized spacial score (nSPS) is 17.3. The lowest BCUT2D eigenvalue weighted by molar-refractivity contribution is 0.102. The van der Waals surface area contributed by atoms with E-state index in [1.165, 1.54) is 31.0 Å². The molecule has 1 saturated heterocycles. The molecule has 1 heterocycles. The van der Waals surface area contributed by atoms with E-state index in [0.29, 0.717) is 41.0 Å². The zero-order valence-corrected chi connectivity index (χ0v) is 24.5. The summed E-state index contributed by atoms with van der Waals surface area (Å²) in [5.74, 6) is -0.467. The van der Waals surface area contributed by atoms with Gasteiger partial charge in [0.15, 0.2) is 0 Å². The highest BCUT2D eigenvalue weighted by Crippen LogP contribution is 2.54. The van der Waals surface area contributed by atoms with Crippen molar-refractivity contribution >= 4 is 37.3 Å². The second-order valence-corrected chi connectivity index (χ2v) is 15.0. The quantitative estimate of drug-likeness (QED) is 0.358. The third-order valence-corrected chi connectivity index (χ3v) is 10.6. The second kappa shape index (κ2) is 10.8. The summed E-state index contributed by atoms with van der Waals surface area (Å²) >= 11 is 0. The molecule has 1 saturated carbocycles. The van der Waals surface area contributed by atoms with Crippen LogP contribution < -0.4 is 19.7 Å². The average molecular weight is 579 g/mol. The zero-order valence-electron chi connectivity index (χ0n) is 22.9. The van der Waals surface area contributed by atoms with Crippen molar-refractivity contribution in [1.82, 2.24) is 9.44 Å². The van der Waals surface area contributed by atoms with Crippen LogP contribution in [0.1, 0.15) is 62.4 Å². The first-order chi connectivity index (χ1) is 18.1. The molecule has 214 valence electrons. The Hall–Kier alpha value is -2.51. The summed E-state index contributed by atoms with van der Waals surface area (Å²) in [6.07, 6.45) is 4.37. The molecule has 0 radical (unpaired) electrons. The van der Waals surface area contributed by atoms with E-state index in [2.05, 4.69) is 19.7 Å². The molecule has 2 aromatic carbocycles. The molecule has 1 aliphatic carbocycles. The van der Waals surface area contributed by atoms with Crippen LogP contribution in [0.3, 0.4) is 0 Å². The number of carbonyl (C=O) groups is 1. The van der Waals surface area contributed by atoms with E-state index < -0.39 is 31.5 Å². The molecular weight excluding hydrogens is 540 g/mol. The molecule has 0 unspecified atom stereocenters. The van der Waals surface area contributed by atoms with E-state index in [0.717, 1.165) is 12.8 Å². The molecular formula is C27H38N4O6S2. The van der Waals surface area contributed by atoms with Crippen LogP contribution >= 0.6 is 0 Å². The number of amides is 1. The summed E-state index contributed by atoms with van der Waals surface area (Å²) in [5.41, 5.74) is 1.21. The van der Waals surface area contributed by atoms with Crippen molar-refractivity contribution in [1.29, 1.82) is 0 Å². The minimum Gasteiger partial charge on any atom is -0.395 e. The number of carbonyl (C=O) groups excluding carboxylic acids is 1. The van der Waals surface area contributed by atoms with Gasteiger partial charge < -0.3 is 15.3 Å². The number of aryl methyl sites for hydroxylation is 1. The molecule has 2 fully saturated rings. The number of piperidine rings is 1. The Morgan fingerprint density at radius 3 is 2.26 bits per heavy atom. The van der Waals surface area contributed by atoms with E-state index in [1.54, 1.807) is 45.9 Å². The van der Waals surface area contributed by atoms with Crippen LogP contribution in [0.5, 0.6) is 0 Å². The fourth-order valence-electron chi connectivity index (χ4n) is 4.97. The van der Waals surface area contributed by atoms with Crippen LogP contribution in [0.15, 0.2) is 46.2 Å². The average Bonchev–Trinajstić information content (AvgIpc) is 3.60. The fourth-order valence-corrected chi connectivity index (χ4v) is 7.70. The lowest BCUT2D eigenvalue weighted by atomic mass is 9.92. The van der Waals surface area contributed by atoms with Crippen molar-refractivity contribution in [3.63, 3.8) is 0 Å². The topological polar surface area (TPSA) is 145 Å². The molecule has 2 aliphatic rings. The highest BCUT2D eigenvalue weighted by atomic mass is 32.2. The van der Waals surface area contributed by atoms with Gasteiger partial charge in [0.25, 0.3) is 5.91 Å². The Morgan fingerprint density at radius 1 is 1.00 bits per heavy atom. The first-order valence-electron chi connectivity index (χ1n) is 13.1. The van der Waals surface area contributed by atoms with E-state index in [-0.39, 0.29) is 22.9 Å². The van der Waals surface area contributed by atoms with Gasteiger partial charge >= 0.3 is 0 Å². The van der Waals surface area contributed by atoms with Gasteiger partial charge in [-0.1, -0.05) is 6.07 Å². The van der Waals surface area contributed by atoms with Crippen molar-refractivity contribution in [2.24, 2.45) is 5.41 Å². The fraction of sp³-hybridized carbons (Fsp3) is 0.519. The van der Waals surface area contributed by atoms with Crippen molar-refractivity contribution < 1.29 is 26.7 Å². The Bertz CT molecular complexity index is 1450. The van der Waals surface area contributed by atoms with E-state index in [1.807, 2.05) is 0 Å². The summed E-state index contributed by atoms with van der Waals surface area (Å²) in [4.78, 5) is 15.7. The Morgan fingerprint density at radius 2 is 1.67 bits per heavy atom. The van der Waals surface area contributed by atoms with E-state index in [4.69, 9.17) is 5.11 Å². The maximum absolute atomic E-state index is 13.6. The number of anilines is 2. The third-order valence-electron chi connectivity index (χ3n) is 7.20. The van der Waals surface area contributed by atoms with Crippen LogP contribution in [-0.4, -0.2) is 59.6 Å². The molecule has 1 spiro atoms. The Kier molecular flexibility index (Phi) is 8.17. The van der Waals surface area contributed by atoms with Crippen molar-refractivity contribution in [3.8, 4) is 0 Å². The highest BCUT2D eigenvalue weighted by molar-refractivity contribution is 7.89.